The summed E-state index contributed by atoms with van der Waals surface area (Å²) in [6.45, 7) is 1.76. The van der Waals surface area contributed by atoms with Crippen molar-refractivity contribution in [3.8, 4) is 11.5 Å². The van der Waals surface area contributed by atoms with Gasteiger partial charge in [-0.2, -0.15) is 0 Å². The predicted octanol–water partition coefficient (Wildman–Crippen LogP) is 3.25. The summed E-state index contributed by atoms with van der Waals surface area (Å²) in [4.78, 5) is 28.8. The standard InChI is InChI=1S/C29H35N3O6S/c1-5-30-29(34)26(18-22-12-8-6-9-13-22)31(20-23-14-10-7-11-15-23)28(33)21-32(39(4,35)36)25-19-24(37-2)16-17-27(25)38-3/h6-17,19,26H,5,18,20-21H2,1-4H3,(H,30,34). The van der Waals surface area contributed by atoms with Crippen LogP contribution >= 0.6 is 0 Å². The van der Waals surface area contributed by atoms with Gasteiger partial charge in [0.15, 0.2) is 0 Å². The Labute approximate surface area is 230 Å². The Bertz CT molecular complexity index is 1350. The van der Waals surface area contributed by atoms with E-state index in [2.05, 4.69) is 5.32 Å². The Hall–Kier alpha value is -4.05. The minimum atomic E-state index is -3.94. The molecule has 3 aromatic rings. The number of methoxy groups -OCH3 is 2. The van der Waals surface area contributed by atoms with Gasteiger partial charge in [-0.1, -0.05) is 60.7 Å². The van der Waals surface area contributed by atoms with Gasteiger partial charge in [0.2, 0.25) is 21.8 Å². The molecular formula is C29H35N3O6S. The molecular weight excluding hydrogens is 518 g/mol. The largest absolute Gasteiger partial charge is 0.497 e. The average molecular weight is 554 g/mol. The van der Waals surface area contributed by atoms with E-state index in [0.717, 1.165) is 21.7 Å². The van der Waals surface area contributed by atoms with E-state index < -0.39 is 28.5 Å². The molecule has 0 aliphatic heterocycles. The van der Waals surface area contributed by atoms with E-state index in [9.17, 15) is 18.0 Å². The second-order valence-electron chi connectivity index (χ2n) is 8.91. The van der Waals surface area contributed by atoms with Crippen molar-refractivity contribution in [2.45, 2.75) is 25.9 Å². The van der Waals surface area contributed by atoms with Gasteiger partial charge in [0.1, 0.15) is 24.1 Å². The highest BCUT2D eigenvalue weighted by Crippen LogP contribution is 2.34. The number of hydrogen-bond donors (Lipinski definition) is 1. The fourth-order valence-electron chi connectivity index (χ4n) is 4.21. The van der Waals surface area contributed by atoms with Gasteiger partial charge in [0.05, 0.1) is 26.2 Å². The molecule has 2 amide bonds. The summed E-state index contributed by atoms with van der Waals surface area (Å²) in [5.74, 6) is -0.206. The van der Waals surface area contributed by atoms with Gasteiger partial charge in [-0.25, -0.2) is 8.42 Å². The normalized spacial score (nSPS) is 11.8. The number of likely N-dealkylation sites (N-methyl/N-ethyl adjacent to an activating group) is 1. The molecule has 0 radical (unpaired) electrons. The van der Waals surface area contributed by atoms with Crippen molar-refractivity contribution in [3.63, 3.8) is 0 Å². The van der Waals surface area contributed by atoms with Gasteiger partial charge in [-0.05, 0) is 30.2 Å². The Morgan fingerprint density at radius 3 is 2.05 bits per heavy atom. The minimum absolute atomic E-state index is 0.112. The number of amides is 2. The molecule has 1 N–H and O–H groups in total. The molecule has 1 unspecified atom stereocenters. The molecule has 3 aromatic carbocycles. The van der Waals surface area contributed by atoms with Crippen LogP contribution in [0.1, 0.15) is 18.1 Å². The lowest BCUT2D eigenvalue weighted by Crippen LogP contribution is -2.53. The van der Waals surface area contributed by atoms with E-state index in [-0.39, 0.29) is 30.3 Å². The zero-order valence-corrected chi connectivity index (χ0v) is 23.5. The highest BCUT2D eigenvalue weighted by atomic mass is 32.2. The molecule has 10 heteroatoms. The fourth-order valence-corrected chi connectivity index (χ4v) is 5.06. The molecule has 0 aliphatic rings. The summed E-state index contributed by atoms with van der Waals surface area (Å²) in [6, 6.07) is 22.5. The Balaban J connectivity index is 2.07. The molecule has 39 heavy (non-hydrogen) atoms. The van der Waals surface area contributed by atoms with Crippen LogP contribution in [0.4, 0.5) is 5.69 Å². The van der Waals surface area contributed by atoms with Crippen molar-refractivity contribution in [2.24, 2.45) is 0 Å². The van der Waals surface area contributed by atoms with E-state index >= 15 is 0 Å². The van der Waals surface area contributed by atoms with Gasteiger partial charge in [0, 0.05) is 25.6 Å². The van der Waals surface area contributed by atoms with Crippen molar-refractivity contribution in [3.05, 3.63) is 90.0 Å². The molecule has 9 nitrogen and oxygen atoms in total. The van der Waals surface area contributed by atoms with Gasteiger partial charge < -0.3 is 19.7 Å². The van der Waals surface area contributed by atoms with Gasteiger partial charge in [0.25, 0.3) is 0 Å². The Kier molecular flexibility index (Phi) is 10.3. The monoisotopic (exact) mass is 553 g/mol. The Morgan fingerprint density at radius 2 is 1.51 bits per heavy atom. The first kappa shape index (κ1) is 29.5. The lowest BCUT2D eigenvalue weighted by molar-refractivity contribution is -0.140. The molecule has 0 fully saturated rings. The number of nitrogens with one attached hydrogen (secondary N) is 1. The number of hydrogen-bond acceptors (Lipinski definition) is 6. The SMILES string of the molecule is CCNC(=O)C(Cc1ccccc1)N(Cc1ccccc1)C(=O)CN(c1cc(OC)ccc1OC)S(C)(=O)=O. The highest BCUT2D eigenvalue weighted by molar-refractivity contribution is 7.92. The minimum Gasteiger partial charge on any atom is -0.497 e. The molecule has 0 saturated carbocycles. The van der Waals surface area contributed by atoms with Gasteiger partial charge >= 0.3 is 0 Å². The molecule has 0 bridgehead atoms. The fraction of sp³-hybridized carbons (Fsp3) is 0.310. The van der Waals surface area contributed by atoms with Gasteiger partial charge in [-0.3, -0.25) is 13.9 Å². The maximum atomic E-state index is 14.0. The van der Waals surface area contributed by atoms with E-state index in [1.165, 1.54) is 25.2 Å². The molecule has 1 atom stereocenters. The molecule has 0 saturated heterocycles. The summed E-state index contributed by atoms with van der Waals surface area (Å²) in [6.07, 6.45) is 1.28. The number of rotatable bonds is 13. The first-order chi connectivity index (χ1) is 18.7. The molecule has 0 aromatic heterocycles. The van der Waals surface area contributed by atoms with E-state index in [1.54, 1.807) is 19.1 Å². The molecule has 3 rings (SSSR count). The first-order valence-corrected chi connectivity index (χ1v) is 14.4. The van der Waals surface area contributed by atoms with Crippen LogP contribution < -0.4 is 19.1 Å². The van der Waals surface area contributed by atoms with E-state index in [0.29, 0.717) is 12.3 Å². The van der Waals surface area contributed by atoms with Crippen LogP contribution in [0.2, 0.25) is 0 Å². The third kappa shape index (κ3) is 7.97. The van der Waals surface area contributed by atoms with Gasteiger partial charge in [-0.15, -0.1) is 0 Å². The van der Waals surface area contributed by atoms with Crippen LogP contribution in [0.25, 0.3) is 0 Å². The molecule has 0 heterocycles. The van der Waals surface area contributed by atoms with Crippen LogP contribution in [-0.2, 0) is 32.6 Å². The quantitative estimate of drug-likeness (QED) is 0.349. The Morgan fingerprint density at radius 1 is 0.897 bits per heavy atom. The molecule has 0 spiro atoms. The number of nitrogens with zero attached hydrogens (tertiary/aromatic N) is 2. The summed E-state index contributed by atoms with van der Waals surface area (Å²) in [5, 5.41) is 2.83. The third-order valence-electron chi connectivity index (χ3n) is 6.15. The maximum Gasteiger partial charge on any atom is 0.244 e. The number of benzene rings is 3. The lowest BCUT2D eigenvalue weighted by Gasteiger charge is -2.33. The van der Waals surface area contributed by atoms with Crippen molar-refractivity contribution < 1.29 is 27.5 Å². The number of anilines is 1. The van der Waals surface area contributed by atoms with Crippen LogP contribution in [-0.4, -0.2) is 64.7 Å². The number of ether oxygens (including phenoxy) is 2. The summed E-state index contributed by atoms with van der Waals surface area (Å²) in [5.41, 5.74) is 1.83. The van der Waals surface area contributed by atoms with E-state index in [1.807, 2.05) is 60.7 Å². The predicted molar refractivity (Wildman–Crippen MR) is 151 cm³/mol. The highest BCUT2D eigenvalue weighted by Gasteiger charge is 2.33. The summed E-state index contributed by atoms with van der Waals surface area (Å²) in [7, 11) is -1.06. The van der Waals surface area contributed by atoms with Crippen LogP contribution in [0.15, 0.2) is 78.9 Å². The molecule has 208 valence electrons. The second-order valence-corrected chi connectivity index (χ2v) is 10.8. The number of carbonyl (C=O) groups is 2. The van der Waals surface area contributed by atoms with Crippen molar-refractivity contribution in [1.82, 2.24) is 10.2 Å². The van der Waals surface area contributed by atoms with Crippen molar-refractivity contribution in [2.75, 3.05) is 37.9 Å². The van der Waals surface area contributed by atoms with Crippen LogP contribution in [0.5, 0.6) is 11.5 Å². The van der Waals surface area contributed by atoms with Crippen LogP contribution in [0.3, 0.4) is 0 Å². The van der Waals surface area contributed by atoms with Crippen molar-refractivity contribution >= 4 is 27.5 Å². The smallest absolute Gasteiger partial charge is 0.244 e. The first-order valence-electron chi connectivity index (χ1n) is 12.5. The number of carbonyl (C=O) groups excluding carboxylic acids is 2. The summed E-state index contributed by atoms with van der Waals surface area (Å²) < 4.78 is 37.7. The van der Waals surface area contributed by atoms with Crippen LogP contribution in [0, 0.1) is 0 Å². The topological polar surface area (TPSA) is 105 Å². The summed E-state index contributed by atoms with van der Waals surface area (Å²) >= 11 is 0. The maximum absolute atomic E-state index is 14.0. The van der Waals surface area contributed by atoms with E-state index in [4.69, 9.17) is 9.47 Å². The lowest BCUT2D eigenvalue weighted by atomic mass is 10.0. The zero-order chi connectivity index (χ0) is 28.4. The zero-order valence-electron chi connectivity index (χ0n) is 22.7. The molecule has 0 aliphatic carbocycles. The second kappa shape index (κ2) is 13.7. The average Bonchev–Trinajstić information content (AvgIpc) is 2.93. The van der Waals surface area contributed by atoms with Crippen molar-refractivity contribution in [1.29, 1.82) is 0 Å². The third-order valence-corrected chi connectivity index (χ3v) is 7.28. The number of sulfonamides is 1.